The first-order valence-corrected chi connectivity index (χ1v) is 8.76. The molecule has 1 saturated carbocycles. The summed E-state index contributed by atoms with van der Waals surface area (Å²) in [4.78, 5) is 0. The Morgan fingerprint density at radius 3 is 2.42 bits per heavy atom. The smallest absolute Gasteiger partial charge is 0.286 e. The van der Waals surface area contributed by atoms with E-state index in [0.29, 0.717) is 5.82 Å². The first-order valence-electron chi connectivity index (χ1n) is 7.94. The van der Waals surface area contributed by atoms with Crippen LogP contribution < -0.4 is 5.73 Å². The van der Waals surface area contributed by atoms with E-state index in [1.165, 1.54) is 45.8 Å². The lowest BCUT2D eigenvalue weighted by molar-refractivity contribution is 0.351. The molecular weight excluding hydrogens is 255 g/mol. The Balaban J connectivity index is 2.15. The van der Waals surface area contributed by atoms with Gasteiger partial charge in [0.05, 0.1) is 6.61 Å². The highest BCUT2D eigenvalue weighted by atomic mass is 31.1. The highest BCUT2D eigenvalue weighted by Gasteiger charge is 2.20. The van der Waals surface area contributed by atoms with Crippen molar-refractivity contribution in [1.29, 1.82) is 0 Å². The summed E-state index contributed by atoms with van der Waals surface area (Å²) in [6, 6.07) is 0. The van der Waals surface area contributed by atoms with Crippen LogP contribution >= 0.6 is 9.03 Å². The molecule has 110 valence electrons. The van der Waals surface area contributed by atoms with Crippen molar-refractivity contribution in [1.82, 2.24) is 0 Å². The Bertz CT molecular complexity index is 215. The summed E-state index contributed by atoms with van der Waals surface area (Å²) < 4.78 is 10.9. The molecule has 0 aromatic rings. The first kappa shape index (κ1) is 17.5. The maximum atomic E-state index is 5.73. The van der Waals surface area contributed by atoms with Crippen LogP contribution in [0.25, 0.3) is 0 Å². The van der Waals surface area contributed by atoms with Crippen LogP contribution in [0.3, 0.4) is 0 Å². The van der Waals surface area contributed by atoms with Gasteiger partial charge >= 0.3 is 0 Å². The molecule has 0 saturated heterocycles. The summed E-state index contributed by atoms with van der Waals surface area (Å²) in [5.74, 6) is 2.35. The van der Waals surface area contributed by atoms with E-state index in [1.807, 2.05) is 6.92 Å². The second kappa shape index (κ2) is 11.1. The van der Waals surface area contributed by atoms with E-state index >= 15 is 0 Å². The normalized spacial score (nSPS) is 26.9. The van der Waals surface area contributed by atoms with Crippen molar-refractivity contribution >= 4 is 23.8 Å². The zero-order chi connectivity index (χ0) is 13.9. The topological polar surface area (TPSA) is 44.5 Å². The van der Waals surface area contributed by atoms with Crippen molar-refractivity contribution in [2.75, 3.05) is 13.2 Å². The van der Waals surface area contributed by atoms with Crippen LogP contribution in [0.2, 0.25) is 17.5 Å². The molecule has 0 amide bonds. The van der Waals surface area contributed by atoms with Crippen molar-refractivity contribution in [3.8, 4) is 0 Å². The fourth-order valence-electron chi connectivity index (χ4n) is 3.00. The Labute approximate surface area is 122 Å². The second-order valence-electron chi connectivity index (χ2n) is 6.00. The van der Waals surface area contributed by atoms with Crippen LogP contribution in [0, 0.1) is 0 Å². The van der Waals surface area contributed by atoms with Gasteiger partial charge in [-0.1, -0.05) is 57.1 Å². The van der Waals surface area contributed by atoms with Gasteiger partial charge in [0, 0.05) is 0 Å². The minimum absolute atomic E-state index is 0.230. The Hall–Kier alpha value is 0.440. The first-order chi connectivity index (χ1) is 9.26. The van der Waals surface area contributed by atoms with Crippen molar-refractivity contribution in [2.24, 2.45) is 5.73 Å². The molecule has 0 heterocycles. The lowest BCUT2D eigenvalue weighted by Crippen LogP contribution is -2.18. The average Bonchev–Trinajstić information content (AvgIpc) is 2.39. The van der Waals surface area contributed by atoms with Crippen LogP contribution in [0.4, 0.5) is 0 Å². The summed E-state index contributed by atoms with van der Waals surface area (Å²) in [6.45, 7) is 5.88. The number of rotatable bonds is 8. The van der Waals surface area contributed by atoms with Crippen LogP contribution in [-0.2, 0) is 8.96 Å². The van der Waals surface area contributed by atoms with Gasteiger partial charge in [0.15, 0.2) is 0 Å². The molecule has 0 spiro atoms. The molecule has 0 aliphatic heterocycles. The molecule has 1 aliphatic rings. The van der Waals surface area contributed by atoms with Gasteiger partial charge in [-0.2, -0.15) is 0 Å². The SMILES string of the molecule is CCOPOBC1CCCC(BC(C)CN)CCC1. The van der Waals surface area contributed by atoms with Gasteiger partial charge < -0.3 is 14.7 Å². The average molecular weight is 285 g/mol. The van der Waals surface area contributed by atoms with Gasteiger partial charge in [-0.15, -0.1) is 0 Å². The zero-order valence-electron chi connectivity index (χ0n) is 12.7. The lowest BCUT2D eigenvalue weighted by Gasteiger charge is -2.24. The molecule has 19 heavy (non-hydrogen) atoms. The largest absolute Gasteiger partial charge is 0.401 e. The van der Waals surface area contributed by atoms with Gasteiger partial charge in [-0.05, 0) is 19.3 Å². The summed E-state index contributed by atoms with van der Waals surface area (Å²) in [5.41, 5.74) is 5.73. The molecule has 2 atom stereocenters. The Morgan fingerprint density at radius 2 is 1.84 bits per heavy atom. The van der Waals surface area contributed by atoms with E-state index in [9.17, 15) is 0 Å². The molecule has 3 nitrogen and oxygen atoms in total. The highest BCUT2D eigenvalue weighted by molar-refractivity contribution is 7.27. The lowest BCUT2D eigenvalue weighted by atomic mass is 9.52. The molecule has 2 N–H and O–H groups in total. The van der Waals surface area contributed by atoms with E-state index in [2.05, 4.69) is 6.92 Å². The third kappa shape index (κ3) is 8.34. The molecule has 0 aromatic heterocycles. The van der Waals surface area contributed by atoms with Crippen LogP contribution in [0.5, 0.6) is 0 Å². The number of nitrogens with two attached hydrogens (primary N) is 1. The van der Waals surface area contributed by atoms with Gasteiger partial charge in [-0.3, -0.25) is 0 Å². The van der Waals surface area contributed by atoms with Gasteiger partial charge in [-0.25, -0.2) is 0 Å². The molecule has 2 unspecified atom stereocenters. The minimum atomic E-state index is 0.230. The molecule has 6 heteroatoms. The summed E-state index contributed by atoms with van der Waals surface area (Å²) in [5, 5.41) is 0. The predicted octanol–water partition coefficient (Wildman–Crippen LogP) is 3.03. The van der Waals surface area contributed by atoms with E-state index in [4.69, 9.17) is 14.7 Å². The fourth-order valence-corrected chi connectivity index (χ4v) is 3.50. The molecule has 1 aliphatic carbocycles. The third-order valence-electron chi connectivity index (χ3n) is 4.17. The van der Waals surface area contributed by atoms with Crippen molar-refractivity contribution < 1.29 is 8.96 Å². The monoisotopic (exact) mass is 285 g/mol. The van der Waals surface area contributed by atoms with E-state index in [1.54, 1.807) is 0 Å². The van der Waals surface area contributed by atoms with E-state index in [0.717, 1.165) is 32.3 Å². The molecular formula is C13H30B2NO2P. The summed E-state index contributed by atoms with van der Waals surface area (Å²) >= 11 is 0. The third-order valence-corrected chi connectivity index (χ3v) is 4.86. The zero-order valence-corrected chi connectivity index (χ0v) is 13.7. The highest BCUT2D eigenvalue weighted by Crippen LogP contribution is 2.33. The number of hydrogen-bond donors (Lipinski definition) is 1. The maximum Gasteiger partial charge on any atom is 0.286 e. The quantitative estimate of drug-likeness (QED) is 0.423. The fraction of sp³-hybridized carbons (Fsp3) is 1.00. The van der Waals surface area contributed by atoms with E-state index < -0.39 is 0 Å². The Kier molecular flexibility index (Phi) is 10.3. The van der Waals surface area contributed by atoms with Crippen molar-refractivity contribution in [3.63, 3.8) is 0 Å². The van der Waals surface area contributed by atoms with Gasteiger partial charge in [0.2, 0.25) is 0 Å². The maximum absolute atomic E-state index is 5.73. The van der Waals surface area contributed by atoms with Crippen LogP contribution in [0.1, 0.15) is 52.4 Å². The summed E-state index contributed by atoms with van der Waals surface area (Å²) in [6.07, 6.45) is 8.12. The summed E-state index contributed by atoms with van der Waals surface area (Å²) in [7, 11) is 2.44. The second-order valence-corrected chi connectivity index (χ2v) is 6.74. The molecule has 0 radical (unpaired) electrons. The van der Waals surface area contributed by atoms with Crippen LogP contribution in [0.15, 0.2) is 0 Å². The Morgan fingerprint density at radius 1 is 1.21 bits per heavy atom. The molecule has 1 rings (SSSR count). The number of hydrogen-bond acceptors (Lipinski definition) is 3. The minimum Gasteiger partial charge on any atom is -0.401 e. The van der Waals surface area contributed by atoms with Crippen LogP contribution in [-0.4, -0.2) is 27.9 Å². The molecule has 1 fully saturated rings. The predicted molar refractivity (Wildman–Crippen MR) is 89.0 cm³/mol. The van der Waals surface area contributed by atoms with Crippen molar-refractivity contribution in [3.05, 3.63) is 0 Å². The van der Waals surface area contributed by atoms with Gasteiger partial charge in [0.1, 0.15) is 16.3 Å². The standard InChI is InChI=1S/C13H30B2NO2P/c1-3-17-19-18-15-13-8-4-6-12(7-5-9-13)14-11(2)10-16/h11-15,19H,3-10,16H2,1-2H3. The molecule has 0 aromatic carbocycles. The molecule has 0 bridgehead atoms. The van der Waals surface area contributed by atoms with E-state index in [-0.39, 0.29) is 9.03 Å². The van der Waals surface area contributed by atoms with Crippen molar-refractivity contribution in [2.45, 2.75) is 69.8 Å². The van der Waals surface area contributed by atoms with Gasteiger partial charge in [0.25, 0.3) is 7.48 Å².